The molecule has 0 amide bonds. The molecule has 0 fully saturated rings. The number of methoxy groups -OCH3 is 1. The monoisotopic (exact) mass is 396 g/mol. The van der Waals surface area contributed by atoms with Crippen molar-refractivity contribution >= 4 is 29.3 Å². The smallest absolute Gasteiger partial charge is 0.161 e. The predicted octanol–water partition coefficient (Wildman–Crippen LogP) is 5.51. The van der Waals surface area contributed by atoms with Gasteiger partial charge in [-0.25, -0.2) is 0 Å². The number of hydrogen-bond donors (Lipinski definition) is 0. The number of allylic oxidation sites excluding steroid dienone is 1. The molecule has 2 aromatic carbocycles. The van der Waals surface area contributed by atoms with Crippen molar-refractivity contribution in [1.82, 2.24) is 0 Å². The topological polar surface area (TPSA) is 36.9 Å². The molecule has 0 heterocycles. The van der Waals surface area contributed by atoms with E-state index in [1.807, 2.05) is 37.3 Å². The zero-order valence-corrected chi connectivity index (χ0v) is 16.3. The van der Waals surface area contributed by atoms with Gasteiger partial charge in [0, 0.05) is 5.02 Å². The van der Waals surface area contributed by atoms with E-state index in [1.165, 1.54) is 0 Å². The third-order valence-electron chi connectivity index (χ3n) is 3.41. The van der Waals surface area contributed by atoms with Gasteiger partial charge in [-0.2, -0.15) is 0 Å². The van der Waals surface area contributed by atoms with E-state index in [0.717, 1.165) is 5.56 Å². The number of benzene rings is 2. The molecule has 4 nitrogen and oxygen atoms in total. The first kappa shape index (κ1) is 20.4. The van der Waals surface area contributed by atoms with Gasteiger partial charge in [0.2, 0.25) is 0 Å². The van der Waals surface area contributed by atoms with Gasteiger partial charge in [-0.05, 0) is 42.8 Å². The van der Waals surface area contributed by atoms with Gasteiger partial charge < -0.3 is 18.9 Å². The van der Waals surface area contributed by atoms with E-state index in [-0.39, 0.29) is 0 Å². The minimum Gasteiger partial charge on any atom is -0.493 e. The number of rotatable bonds is 10. The van der Waals surface area contributed by atoms with Gasteiger partial charge in [-0.15, -0.1) is 0 Å². The van der Waals surface area contributed by atoms with Crippen molar-refractivity contribution < 1.29 is 18.9 Å². The van der Waals surface area contributed by atoms with Crippen LogP contribution in [-0.4, -0.2) is 33.5 Å². The second-order valence-corrected chi connectivity index (χ2v) is 6.14. The molecule has 0 N–H and O–H groups in total. The Bertz CT molecular complexity index is 732. The fraction of sp³-hybridized carbons (Fsp3) is 0.300. The lowest BCUT2D eigenvalue weighted by molar-refractivity contribution is 0.0757. The van der Waals surface area contributed by atoms with Crippen molar-refractivity contribution in [3.8, 4) is 17.2 Å². The Labute approximate surface area is 164 Å². The van der Waals surface area contributed by atoms with Crippen LogP contribution in [0.5, 0.6) is 17.2 Å². The predicted molar refractivity (Wildman–Crippen MR) is 106 cm³/mol. The van der Waals surface area contributed by atoms with Crippen LogP contribution in [0.1, 0.15) is 12.5 Å². The fourth-order valence-corrected chi connectivity index (χ4v) is 2.68. The van der Waals surface area contributed by atoms with Crippen molar-refractivity contribution in [3.05, 3.63) is 58.1 Å². The lowest BCUT2D eigenvalue weighted by Crippen LogP contribution is -2.12. The Morgan fingerprint density at radius 3 is 2.19 bits per heavy atom. The first-order chi connectivity index (χ1) is 12.6. The van der Waals surface area contributed by atoms with E-state index < -0.39 is 0 Å². The Kier molecular flexibility index (Phi) is 8.62. The molecule has 0 unspecified atom stereocenters. The second kappa shape index (κ2) is 11.0. The SMILES string of the molecule is CC=Cc1ccc(OCCOCCOc2ccc(Cl)cc2Cl)c(OC)c1. The highest BCUT2D eigenvalue weighted by atomic mass is 35.5. The Hall–Kier alpha value is -1.88. The molecule has 0 bridgehead atoms. The third kappa shape index (κ3) is 6.45. The van der Waals surface area contributed by atoms with Gasteiger partial charge in [0.15, 0.2) is 11.5 Å². The number of ether oxygens (including phenoxy) is 4. The Morgan fingerprint density at radius 1 is 0.846 bits per heavy atom. The number of hydrogen-bond acceptors (Lipinski definition) is 4. The molecule has 2 aromatic rings. The highest BCUT2D eigenvalue weighted by molar-refractivity contribution is 6.35. The summed E-state index contributed by atoms with van der Waals surface area (Å²) < 4.78 is 22.1. The molecule has 6 heteroatoms. The molecule has 140 valence electrons. The summed E-state index contributed by atoms with van der Waals surface area (Å²) in [6.45, 7) is 3.65. The van der Waals surface area contributed by atoms with Crippen molar-refractivity contribution in [2.75, 3.05) is 33.5 Å². The zero-order valence-electron chi connectivity index (χ0n) is 14.8. The average Bonchev–Trinajstić information content (AvgIpc) is 2.63. The molecule has 0 aliphatic heterocycles. The van der Waals surface area contributed by atoms with Crippen molar-refractivity contribution in [2.24, 2.45) is 0 Å². The van der Waals surface area contributed by atoms with Crippen LogP contribution in [0.2, 0.25) is 10.0 Å². The van der Waals surface area contributed by atoms with Crippen LogP contribution < -0.4 is 14.2 Å². The normalized spacial score (nSPS) is 10.9. The standard InChI is InChI=1S/C20H22Cl2O4/c1-3-4-15-5-7-19(20(13-15)23-2)26-12-10-24-9-11-25-18-8-6-16(21)14-17(18)22/h3-8,13-14H,9-12H2,1-2H3. The van der Waals surface area contributed by atoms with E-state index in [9.17, 15) is 0 Å². The van der Waals surface area contributed by atoms with Crippen LogP contribution in [0.15, 0.2) is 42.5 Å². The quantitative estimate of drug-likeness (QED) is 0.496. The summed E-state index contributed by atoms with van der Waals surface area (Å²) in [5, 5.41) is 1.05. The summed E-state index contributed by atoms with van der Waals surface area (Å²) in [6, 6.07) is 10.9. The maximum atomic E-state index is 6.03. The maximum Gasteiger partial charge on any atom is 0.161 e. The maximum absolute atomic E-state index is 6.03. The minimum atomic E-state index is 0.392. The Morgan fingerprint density at radius 2 is 1.54 bits per heavy atom. The van der Waals surface area contributed by atoms with Crippen LogP contribution >= 0.6 is 23.2 Å². The molecule has 0 aromatic heterocycles. The summed E-state index contributed by atoms with van der Waals surface area (Å²) in [6.07, 6.45) is 3.98. The lowest BCUT2D eigenvalue weighted by atomic mass is 10.2. The minimum absolute atomic E-state index is 0.392. The van der Waals surface area contributed by atoms with Crippen LogP contribution in [0.25, 0.3) is 6.08 Å². The molecule has 0 aliphatic rings. The van der Waals surface area contributed by atoms with E-state index >= 15 is 0 Å². The summed E-state index contributed by atoms with van der Waals surface area (Å²) in [7, 11) is 1.62. The van der Waals surface area contributed by atoms with E-state index in [0.29, 0.717) is 53.7 Å². The second-order valence-electron chi connectivity index (χ2n) is 5.29. The molecule has 0 saturated carbocycles. The molecule has 0 saturated heterocycles. The summed E-state index contributed by atoms with van der Waals surface area (Å²) >= 11 is 11.9. The fourth-order valence-electron chi connectivity index (χ4n) is 2.21. The van der Waals surface area contributed by atoms with E-state index in [4.69, 9.17) is 42.1 Å². The summed E-state index contributed by atoms with van der Waals surface area (Å²) in [5.41, 5.74) is 1.06. The third-order valence-corrected chi connectivity index (χ3v) is 3.94. The van der Waals surface area contributed by atoms with E-state index in [2.05, 4.69) is 0 Å². The molecule has 0 aliphatic carbocycles. The van der Waals surface area contributed by atoms with Crippen LogP contribution in [0.3, 0.4) is 0 Å². The van der Waals surface area contributed by atoms with Gasteiger partial charge in [0.05, 0.1) is 25.3 Å². The summed E-state index contributed by atoms with van der Waals surface area (Å²) in [5.74, 6) is 1.97. The van der Waals surface area contributed by atoms with Gasteiger partial charge in [0.25, 0.3) is 0 Å². The molecule has 0 radical (unpaired) electrons. The van der Waals surface area contributed by atoms with Crippen LogP contribution in [0.4, 0.5) is 0 Å². The zero-order chi connectivity index (χ0) is 18.8. The molecule has 0 spiro atoms. The van der Waals surface area contributed by atoms with Crippen molar-refractivity contribution in [2.45, 2.75) is 6.92 Å². The summed E-state index contributed by atoms with van der Waals surface area (Å²) in [4.78, 5) is 0. The van der Waals surface area contributed by atoms with Crippen LogP contribution in [-0.2, 0) is 4.74 Å². The van der Waals surface area contributed by atoms with Gasteiger partial charge in [-0.3, -0.25) is 0 Å². The lowest BCUT2D eigenvalue weighted by Gasteiger charge is -2.12. The van der Waals surface area contributed by atoms with E-state index in [1.54, 1.807) is 25.3 Å². The first-order valence-electron chi connectivity index (χ1n) is 8.23. The largest absolute Gasteiger partial charge is 0.493 e. The molecule has 0 atom stereocenters. The highest BCUT2D eigenvalue weighted by Crippen LogP contribution is 2.29. The van der Waals surface area contributed by atoms with Gasteiger partial charge >= 0.3 is 0 Å². The molecule has 26 heavy (non-hydrogen) atoms. The first-order valence-corrected chi connectivity index (χ1v) is 8.98. The van der Waals surface area contributed by atoms with Gasteiger partial charge in [-0.1, -0.05) is 41.4 Å². The Balaban J connectivity index is 1.67. The van der Waals surface area contributed by atoms with Crippen molar-refractivity contribution in [1.29, 1.82) is 0 Å². The van der Waals surface area contributed by atoms with Gasteiger partial charge in [0.1, 0.15) is 19.0 Å². The number of halogens is 2. The average molecular weight is 397 g/mol. The highest BCUT2D eigenvalue weighted by Gasteiger charge is 2.05. The molecular weight excluding hydrogens is 375 g/mol. The van der Waals surface area contributed by atoms with Crippen LogP contribution in [0, 0.1) is 0 Å². The molecular formula is C20H22Cl2O4. The van der Waals surface area contributed by atoms with Crippen molar-refractivity contribution in [3.63, 3.8) is 0 Å². The molecule has 2 rings (SSSR count).